The first-order valence-corrected chi connectivity index (χ1v) is 8.23. The van der Waals surface area contributed by atoms with Crippen LogP contribution in [0.3, 0.4) is 0 Å². The fraction of sp³-hybridized carbons (Fsp3) is 0.143. The Morgan fingerprint density at radius 2 is 1.83 bits per heavy atom. The molecule has 0 spiro atoms. The summed E-state index contributed by atoms with van der Waals surface area (Å²) in [5.41, 5.74) is 1.36. The Balaban J connectivity index is 1.81. The van der Waals surface area contributed by atoms with Gasteiger partial charge in [0.2, 0.25) is 10.1 Å². The zero-order valence-corrected chi connectivity index (χ0v) is 13.7. The van der Waals surface area contributed by atoms with Gasteiger partial charge in [0.25, 0.3) is 5.91 Å². The molecule has 10 heteroatoms. The number of carbonyl (C=O) groups excluding carboxylic acids is 1. The Morgan fingerprint density at radius 3 is 2.46 bits per heavy atom. The number of hydrogen-bond donors (Lipinski definition) is 1. The highest BCUT2D eigenvalue weighted by Gasteiger charge is 2.36. The molecule has 2 aromatic heterocycles. The predicted octanol–water partition coefficient (Wildman–Crippen LogP) is 4.24. The minimum absolute atomic E-state index is 0.207. The van der Waals surface area contributed by atoms with E-state index in [0.29, 0.717) is 15.6 Å². The second kappa shape index (κ2) is 6.29. The molecule has 0 bridgehead atoms. The smallest absolute Gasteiger partial charge is 0.296 e. The van der Waals surface area contributed by atoms with Gasteiger partial charge in [-0.3, -0.25) is 10.1 Å². The maximum atomic E-state index is 12.5. The molecule has 124 valence electrons. The maximum absolute atomic E-state index is 12.5. The summed E-state index contributed by atoms with van der Waals surface area (Å²) in [6, 6.07) is 9.29. The second-order valence-electron chi connectivity index (χ2n) is 4.66. The lowest BCUT2D eigenvalue weighted by Gasteiger charge is -1.99. The topological polar surface area (TPSA) is 67.8 Å². The number of benzene rings is 1. The van der Waals surface area contributed by atoms with E-state index < -0.39 is 17.1 Å². The zero-order valence-electron chi connectivity index (χ0n) is 12.1. The molecule has 1 aromatic carbocycles. The monoisotopic (exact) mass is 370 g/mol. The number of anilines is 1. The van der Waals surface area contributed by atoms with Gasteiger partial charge in [-0.15, -0.1) is 21.5 Å². The molecule has 5 nitrogen and oxygen atoms in total. The summed E-state index contributed by atoms with van der Waals surface area (Å²) >= 11 is 1.44. The first-order chi connectivity index (χ1) is 11.3. The van der Waals surface area contributed by atoms with Crippen molar-refractivity contribution >= 4 is 33.7 Å². The second-order valence-corrected chi connectivity index (χ2v) is 6.64. The van der Waals surface area contributed by atoms with Crippen LogP contribution < -0.4 is 5.32 Å². The van der Waals surface area contributed by atoms with Crippen LogP contribution in [-0.2, 0) is 6.18 Å². The van der Waals surface area contributed by atoms with E-state index in [2.05, 4.69) is 20.5 Å². The zero-order chi connectivity index (χ0) is 17.3. The van der Waals surface area contributed by atoms with E-state index in [9.17, 15) is 18.0 Å². The van der Waals surface area contributed by atoms with Crippen molar-refractivity contribution in [2.24, 2.45) is 0 Å². The van der Waals surface area contributed by atoms with E-state index in [1.165, 1.54) is 0 Å². The lowest BCUT2D eigenvalue weighted by atomic mass is 10.2. The number of rotatable bonds is 3. The highest BCUT2D eigenvalue weighted by atomic mass is 32.1. The SMILES string of the molecule is Cc1nc(-c2ccccc2)sc1C(=O)Nc1nnc(C(F)(F)F)s1. The van der Waals surface area contributed by atoms with E-state index in [1.54, 1.807) is 6.92 Å². The van der Waals surface area contributed by atoms with Crippen molar-refractivity contribution in [3.05, 3.63) is 45.9 Å². The lowest BCUT2D eigenvalue weighted by molar-refractivity contribution is -0.138. The minimum Gasteiger partial charge on any atom is -0.296 e. The number of amides is 1. The summed E-state index contributed by atoms with van der Waals surface area (Å²) in [7, 11) is 0. The van der Waals surface area contributed by atoms with Gasteiger partial charge in [-0.05, 0) is 6.92 Å². The van der Waals surface area contributed by atoms with Crippen LogP contribution in [-0.4, -0.2) is 21.1 Å². The molecule has 0 saturated heterocycles. The molecule has 3 rings (SSSR count). The van der Waals surface area contributed by atoms with Crippen LogP contribution in [0.25, 0.3) is 10.6 Å². The van der Waals surface area contributed by atoms with E-state index >= 15 is 0 Å². The number of halogens is 3. The van der Waals surface area contributed by atoms with Gasteiger partial charge < -0.3 is 0 Å². The van der Waals surface area contributed by atoms with Crippen LogP contribution in [0.5, 0.6) is 0 Å². The van der Waals surface area contributed by atoms with E-state index in [4.69, 9.17) is 0 Å². The van der Waals surface area contributed by atoms with Crippen LogP contribution in [0, 0.1) is 6.92 Å². The van der Waals surface area contributed by atoms with Crippen LogP contribution >= 0.6 is 22.7 Å². The van der Waals surface area contributed by atoms with Crippen molar-refractivity contribution < 1.29 is 18.0 Å². The number of aryl methyl sites for hydroxylation is 1. The molecule has 0 aliphatic rings. The Morgan fingerprint density at radius 1 is 1.12 bits per heavy atom. The molecule has 1 amide bonds. The van der Waals surface area contributed by atoms with E-state index in [0.717, 1.165) is 16.9 Å². The van der Waals surface area contributed by atoms with Crippen LogP contribution in [0.1, 0.15) is 20.4 Å². The van der Waals surface area contributed by atoms with Crippen molar-refractivity contribution in [1.82, 2.24) is 15.2 Å². The third-order valence-corrected chi connectivity index (χ3v) is 5.00. The Hall–Kier alpha value is -2.33. The normalized spacial score (nSPS) is 11.5. The third-order valence-electron chi connectivity index (χ3n) is 2.91. The maximum Gasteiger partial charge on any atom is 0.445 e. The van der Waals surface area contributed by atoms with Gasteiger partial charge in [0.1, 0.15) is 9.88 Å². The minimum atomic E-state index is -4.58. The van der Waals surface area contributed by atoms with Crippen molar-refractivity contribution in [3.8, 4) is 10.6 Å². The number of nitrogens with zero attached hydrogens (tertiary/aromatic N) is 3. The van der Waals surface area contributed by atoms with Crippen LogP contribution in [0.2, 0.25) is 0 Å². The molecule has 0 unspecified atom stereocenters. The summed E-state index contributed by atoms with van der Waals surface area (Å²) < 4.78 is 37.5. The molecule has 24 heavy (non-hydrogen) atoms. The Labute approximate surface area is 142 Å². The number of carbonyl (C=O) groups is 1. The van der Waals surface area contributed by atoms with Crippen molar-refractivity contribution in [3.63, 3.8) is 0 Å². The summed E-state index contributed by atoms with van der Waals surface area (Å²) in [6.07, 6.45) is -4.58. The average Bonchev–Trinajstić information content (AvgIpc) is 3.14. The van der Waals surface area contributed by atoms with Gasteiger partial charge in [0, 0.05) is 5.56 Å². The first kappa shape index (κ1) is 16.5. The molecular formula is C14H9F3N4OS2. The molecule has 0 fully saturated rings. The highest BCUT2D eigenvalue weighted by molar-refractivity contribution is 7.17. The van der Waals surface area contributed by atoms with Gasteiger partial charge in [-0.1, -0.05) is 41.7 Å². The van der Waals surface area contributed by atoms with Crippen molar-refractivity contribution in [1.29, 1.82) is 0 Å². The van der Waals surface area contributed by atoms with Gasteiger partial charge in [-0.25, -0.2) is 4.98 Å². The van der Waals surface area contributed by atoms with E-state index in [1.807, 2.05) is 30.3 Å². The highest BCUT2D eigenvalue weighted by Crippen LogP contribution is 2.33. The molecular weight excluding hydrogens is 361 g/mol. The Bertz CT molecular complexity index is 874. The summed E-state index contributed by atoms with van der Waals surface area (Å²) in [4.78, 5) is 16.9. The fourth-order valence-electron chi connectivity index (χ4n) is 1.85. The van der Waals surface area contributed by atoms with Crippen molar-refractivity contribution in [2.75, 3.05) is 5.32 Å². The average molecular weight is 370 g/mol. The summed E-state index contributed by atoms with van der Waals surface area (Å²) in [5.74, 6) is -0.558. The molecule has 1 N–H and O–H groups in total. The first-order valence-electron chi connectivity index (χ1n) is 6.59. The van der Waals surface area contributed by atoms with Gasteiger partial charge >= 0.3 is 6.18 Å². The predicted molar refractivity (Wildman–Crippen MR) is 85.2 cm³/mol. The van der Waals surface area contributed by atoms with Crippen LogP contribution in [0.15, 0.2) is 30.3 Å². The molecule has 3 aromatic rings. The Kier molecular flexibility index (Phi) is 4.33. The van der Waals surface area contributed by atoms with Crippen molar-refractivity contribution in [2.45, 2.75) is 13.1 Å². The summed E-state index contributed by atoms with van der Waals surface area (Å²) in [6.45, 7) is 1.67. The largest absolute Gasteiger partial charge is 0.445 e. The number of thiazole rings is 1. The third kappa shape index (κ3) is 3.44. The number of aromatic nitrogens is 3. The lowest BCUT2D eigenvalue weighted by Crippen LogP contribution is -2.11. The quantitative estimate of drug-likeness (QED) is 0.749. The van der Waals surface area contributed by atoms with Gasteiger partial charge in [0.15, 0.2) is 0 Å². The van der Waals surface area contributed by atoms with Crippen LogP contribution in [0.4, 0.5) is 18.3 Å². The molecule has 0 saturated carbocycles. The summed E-state index contributed by atoms with van der Waals surface area (Å²) in [5, 5.41) is 8.05. The van der Waals surface area contributed by atoms with E-state index in [-0.39, 0.29) is 16.5 Å². The fourth-order valence-corrected chi connectivity index (χ4v) is 3.43. The molecule has 0 aliphatic carbocycles. The number of nitrogens with one attached hydrogen (secondary N) is 1. The number of alkyl halides is 3. The van der Waals surface area contributed by atoms with Gasteiger partial charge in [0.05, 0.1) is 5.69 Å². The molecule has 0 atom stereocenters. The molecule has 0 aliphatic heterocycles. The standard InChI is InChI=1S/C14H9F3N4OS2/c1-7-9(23-11(18-7)8-5-3-2-4-6-8)10(22)19-13-21-20-12(24-13)14(15,16)17/h2-6H,1H3,(H,19,21,22). The number of hydrogen-bond acceptors (Lipinski definition) is 6. The molecule has 2 heterocycles. The molecule has 0 radical (unpaired) electrons. The van der Waals surface area contributed by atoms with Gasteiger partial charge in [-0.2, -0.15) is 13.2 Å².